The van der Waals surface area contributed by atoms with E-state index in [-0.39, 0.29) is 6.54 Å². The van der Waals surface area contributed by atoms with Gasteiger partial charge in [-0.1, -0.05) is 0 Å². The Labute approximate surface area is 110 Å². The zero-order chi connectivity index (χ0) is 13.7. The zero-order valence-electron chi connectivity index (χ0n) is 10.6. The summed E-state index contributed by atoms with van der Waals surface area (Å²) in [4.78, 5) is 0. The summed E-state index contributed by atoms with van der Waals surface area (Å²) in [7, 11) is 1.49. The third-order valence-electron chi connectivity index (χ3n) is 2.77. The minimum atomic E-state index is -0.847. The van der Waals surface area contributed by atoms with Crippen LogP contribution in [-0.4, -0.2) is 18.8 Å². The van der Waals surface area contributed by atoms with Crippen LogP contribution in [-0.2, 0) is 6.54 Å². The van der Waals surface area contributed by atoms with Crippen molar-refractivity contribution in [3.63, 3.8) is 0 Å². The SMILES string of the molecule is COc1ccc(F)cc1C(O)CNCc1ccco1. The predicted molar refractivity (Wildman–Crippen MR) is 68.3 cm³/mol. The Morgan fingerprint density at radius 2 is 2.26 bits per heavy atom. The second-order valence-corrected chi connectivity index (χ2v) is 4.11. The number of benzene rings is 1. The zero-order valence-corrected chi connectivity index (χ0v) is 10.6. The maximum absolute atomic E-state index is 13.2. The Kier molecular flexibility index (Phi) is 4.54. The largest absolute Gasteiger partial charge is 0.496 e. The second kappa shape index (κ2) is 6.36. The molecule has 0 aliphatic rings. The molecule has 19 heavy (non-hydrogen) atoms. The van der Waals surface area contributed by atoms with Crippen LogP contribution in [0.3, 0.4) is 0 Å². The number of hydrogen-bond acceptors (Lipinski definition) is 4. The van der Waals surface area contributed by atoms with Crippen LogP contribution in [0.5, 0.6) is 5.75 Å². The van der Waals surface area contributed by atoms with Gasteiger partial charge < -0.3 is 19.6 Å². The highest BCUT2D eigenvalue weighted by atomic mass is 19.1. The van der Waals surface area contributed by atoms with E-state index in [4.69, 9.17) is 9.15 Å². The van der Waals surface area contributed by atoms with Crippen molar-refractivity contribution >= 4 is 0 Å². The van der Waals surface area contributed by atoms with Gasteiger partial charge in [0.25, 0.3) is 0 Å². The molecule has 5 heteroatoms. The molecule has 2 N–H and O–H groups in total. The van der Waals surface area contributed by atoms with Crippen molar-refractivity contribution in [3.8, 4) is 5.75 Å². The highest BCUT2D eigenvalue weighted by Crippen LogP contribution is 2.25. The van der Waals surface area contributed by atoms with Crippen LogP contribution in [0.4, 0.5) is 4.39 Å². The van der Waals surface area contributed by atoms with Gasteiger partial charge in [0.1, 0.15) is 17.3 Å². The number of ether oxygens (including phenoxy) is 1. The molecule has 1 unspecified atom stereocenters. The van der Waals surface area contributed by atoms with E-state index in [0.717, 1.165) is 5.76 Å². The average Bonchev–Trinajstić information content (AvgIpc) is 2.91. The Balaban J connectivity index is 1.95. The van der Waals surface area contributed by atoms with E-state index in [1.807, 2.05) is 6.07 Å². The van der Waals surface area contributed by atoms with Crippen molar-refractivity contribution in [2.24, 2.45) is 0 Å². The van der Waals surface area contributed by atoms with E-state index in [1.54, 1.807) is 12.3 Å². The van der Waals surface area contributed by atoms with Crippen molar-refractivity contribution in [3.05, 3.63) is 53.7 Å². The van der Waals surface area contributed by atoms with Crippen molar-refractivity contribution in [2.45, 2.75) is 12.6 Å². The molecule has 0 aliphatic heterocycles. The molecule has 0 spiro atoms. The summed E-state index contributed by atoms with van der Waals surface area (Å²) in [5.74, 6) is 0.841. The van der Waals surface area contributed by atoms with E-state index >= 15 is 0 Å². The van der Waals surface area contributed by atoms with Crippen LogP contribution in [0, 0.1) is 5.82 Å². The fourth-order valence-electron chi connectivity index (χ4n) is 1.82. The maximum Gasteiger partial charge on any atom is 0.124 e. The summed E-state index contributed by atoms with van der Waals surface area (Å²) < 4.78 is 23.4. The normalized spacial score (nSPS) is 12.4. The van der Waals surface area contributed by atoms with Crippen molar-refractivity contribution in [1.29, 1.82) is 0 Å². The Bertz CT molecular complexity index is 513. The molecule has 1 heterocycles. The maximum atomic E-state index is 13.2. The molecule has 102 valence electrons. The van der Waals surface area contributed by atoms with Crippen LogP contribution < -0.4 is 10.1 Å². The van der Waals surface area contributed by atoms with Crippen molar-refractivity contribution in [1.82, 2.24) is 5.32 Å². The van der Waals surface area contributed by atoms with Crippen LogP contribution in [0.1, 0.15) is 17.4 Å². The Morgan fingerprint density at radius 3 is 2.95 bits per heavy atom. The van der Waals surface area contributed by atoms with Gasteiger partial charge in [0, 0.05) is 12.1 Å². The number of nitrogens with one attached hydrogen (secondary N) is 1. The minimum Gasteiger partial charge on any atom is -0.496 e. The molecule has 1 aromatic heterocycles. The molecule has 0 saturated heterocycles. The molecule has 2 aromatic rings. The van der Waals surface area contributed by atoms with Gasteiger partial charge >= 0.3 is 0 Å². The highest BCUT2D eigenvalue weighted by molar-refractivity contribution is 5.35. The molecule has 0 fully saturated rings. The summed E-state index contributed by atoms with van der Waals surface area (Å²) in [6, 6.07) is 7.70. The van der Waals surface area contributed by atoms with Crippen LogP contribution in [0.2, 0.25) is 0 Å². The molecule has 0 radical (unpaired) electrons. The van der Waals surface area contributed by atoms with Crippen LogP contribution >= 0.6 is 0 Å². The van der Waals surface area contributed by atoms with E-state index in [2.05, 4.69) is 5.32 Å². The summed E-state index contributed by atoms with van der Waals surface area (Å²) >= 11 is 0. The van der Waals surface area contributed by atoms with Gasteiger partial charge in [-0.15, -0.1) is 0 Å². The lowest BCUT2D eigenvalue weighted by Gasteiger charge is -2.15. The van der Waals surface area contributed by atoms with Gasteiger partial charge in [0.15, 0.2) is 0 Å². The first-order valence-electron chi connectivity index (χ1n) is 5.95. The number of furan rings is 1. The van der Waals surface area contributed by atoms with Gasteiger partial charge in [-0.2, -0.15) is 0 Å². The molecule has 0 amide bonds. The third-order valence-corrected chi connectivity index (χ3v) is 2.77. The Hall–Kier alpha value is -1.85. The minimum absolute atomic E-state index is 0.278. The summed E-state index contributed by atoms with van der Waals surface area (Å²) in [5, 5.41) is 13.1. The molecule has 4 nitrogen and oxygen atoms in total. The second-order valence-electron chi connectivity index (χ2n) is 4.11. The van der Waals surface area contributed by atoms with Gasteiger partial charge in [-0.3, -0.25) is 0 Å². The summed E-state index contributed by atoms with van der Waals surface area (Å²) in [6.07, 6.45) is 0.740. The number of aliphatic hydroxyl groups excluding tert-OH is 1. The van der Waals surface area contributed by atoms with E-state index in [9.17, 15) is 9.50 Å². The molecule has 0 aliphatic carbocycles. The molecule has 0 saturated carbocycles. The van der Waals surface area contributed by atoms with Crippen molar-refractivity contribution < 1.29 is 18.7 Å². The molecule has 0 bridgehead atoms. The summed E-state index contributed by atoms with van der Waals surface area (Å²) in [5.41, 5.74) is 0.425. The average molecular weight is 265 g/mol. The number of halogens is 1. The van der Waals surface area contributed by atoms with Gasteiger partial charge in [0.05, 0.1) is 26.0 Å². The Morgan fingerprint density at radius 1 is 1.42 bits per heavy atom. The van der Waals surface area contributed by atoms with Crippen LogP contribution in [0.25, 0.3) is 0 Å². The molecular formula is C14H16FNO3. The lowest BCUT2D eigenvalue weighted by atomic mass is 10.1. The first-order valence-corrected chi connectivity index (χ1v) is 5.95. The first-order chi connectivity index (χ1) is 9.20. The van der Waals surface area contributed by atoms with Gasteiger partial charge in [-0.05, 0) is 30.3 Å². The van der Waals surface area contributed by atoms with Gasteiger partial charge in [-0.25, -0.2) is 4.39 Å². The van der Waals surface area contributed by atoms with E-state index < -0.39 is 11.9 Å². The van der Waals surface area contributed by atoms with Gasteiger partial charge in [0.2, 0.25) is 0 Å². The molecular weight excluding hydrogens is 249 g/mol. The predicted octanol–water partition coefficient (Wildman–Crippen LogP) is 2.25. The first kappa shape index (κ1) is 13.6. The lowest BCUT2D eigenvalue weighted by Crippen LogP contribution is -2.21. The number of hydrogen-bond donors (Lipinski definition) is 2. The highest BCUT2D eigenvalue weighted by Gasteiger charge is 2.14. The van der Waals surface area contributed by atoms with Crippen molar-refractivity contribution in [2.75, 3.05) is 13.7 Å². The third kappa shape index (κ3) is 3.56. The van der Waals surface area contributed by atoms with Crippen LogP contribution in [0.15, 0.2) is 41.0 Å². The molecule has 1 aromatic carbocycles. The molecule has 2 rings (SSSR count). The lowest BCUT2D eigenvalue weighted by molar-refractivity contribution is 0.168. The fraction of sp³-hybridized carbons (Fsp3) is 0.286. The monoisotopic (exact) mass is 265 g/mol. The summed E-state index contributed by atoms with van der Waals surface area (Å²) in [6.45, 7) is 0.780. The van der Waals surface area contributed by atoms with E-state index in [1.165, 1.54) is 25.3 Å². The topological polar surface area (TPSA) is 54.6 Å². The quantitative estimate of drug-likeness (QED) is 0.841. The number of rotatable bonds is 6. The smallest absolute Gasteiger partial charge is 0.124 e. The standard InChI is InChI=1S/C14H16FNO3/c1-18-14-5-4-10(15)7-12(14)13(17)9-16-8-11-3-2-6-19-11/h2-7,13,16-17H,8-9H2,1H3. The molecule has 1 atom stereocenters. The number of aliphatic hydroxyl groups is 1. The number of methoxy groups -OCH3 is 1. The fourth-order valence-corrected chi connectivity index (χ4v) is 1.82. The van der Waals surface area contributed by atoms with E-state index in [0.29, 0.717) is 17.9 Å².